The van der Waals surface area contributed by atoms with Crippen molar-refractivity contribution in [2.45, 2.75) is 40.0 Å². The molecule has 1 aliphatic carbocycles. The van der Waals surface area contributed by atoms with E-state index in [0.717, 1.165) is 0 Å². The standard InChI is InChI=1S/C17H25NO5/c1-6-8-12(19)13-11(18-23-9-7-2)10-17(3,4)14(15(13)20)16(21)22-5/h7,13-14H,2,6,8-10H2,1,3-5H3. The normalized spacial score (nSPS) is 25.0. The van der Waals surface area contributed by atoms with Crippen LogP contribution in [0.1, 0.15) is 40.0 Å². The first-order chi connectivity index (χ1) is 10.8. The lowest BCUT2D eigenvalue weighted by molar-refractivity contribution is -0.156. The topological polar surface area (TPSA) is 82.0 Å². The van der Waals surface area contributed by atoms with Gasteiger partial charge in [-0.2, -0.15) is 0 Å². The van der Waals surface area contributed by atoms with Gasteiger partial charge in [0.2, 0.25) is 0 Å². The van der Waals surface area contributed by atoms with Crippen molar-refractivity contribution >= 4 is 23.2 Å². The molecule has 0 aromatic heterocycles. The van der Waals surface area contributed by atoms with E-state index in [9.17, 15) is 14.4 Å². The fraction of sp³-hybridized carbons (Fsp3) is 0.647. The second kappa shape index (κ2) is 8.04. The largest absolute Gasteiger partial charge is 0.468 e. The summed E-state index contributed by atoms with van der Waals surface area (Å²) in [7, 11) is 1.24. The molecule has 1 saturated carbocycles. The quantitative estimate of drug-likeness (QED) is 0.236. The molecule has 0 aromatic carbocycles. The number of carbonyl (C=O) groups excluding carboxylic acids is 3. The number of ether oxygens (including phenoxy) is 1. The van der Waals surface area contributed by atoms with E-state index in [1.165, 1.54) is 13.2 Å². The van der Waals surface area contributed by atoms with Crippen molar-refractivity contribution in [2.75, 3.05) is 13.7 Å². The number of carbonyl (C=O) groups is 3. The Morgan fingerprint density at radius 1 is 1.43 bits per heavy atom. The number of Topliss-reactive ketones (excluding diaryl/α,β-unsaturated/α-hetero) is 2. The Hall–Kier alpha value is -1.98. The van der Waals surface area contributed by atoms with Crippen LogP contribution in [0.25, 0.3) is 0 Å². The Kier molecular flexibility index (Phi) is 6.66. The summed E-state index contributed by atoms with van der Waals surface area (Å²) in [6, 6.07) is 0. The molecule has 0 N–H and O–H groups in total. The molecule has 0 heterocycles. The third-order valence-electron chi connectivity index (χ3n) is 3.95. The van der Waals surface area contributed by atoms with Crippen LogP contribution in [0, 0.1) is 17.3 Å². The van der Waals surface area contributed by atoms with Crippen molar-refractivity contribution in [2.24, 2.45) is 22.4 Å². The Balaban J connectivity index is 3.23. The first kappa shape index (κ1) is 19.1. The number of ketones is 2. The number of oxime groups is 1. The van der Waals surface area contributed by atoms with Gasteiger partial charge in [-0.15, -0.1) is 0 Å². The number of hydrogen-bond donors (Lipinski definition) is 0. The van der Waals surface area contributed by atoms with E-state index >= 15 is 0 Å². The highest BCUT2D eigenvalue weighted by molar-refractivity contribution is 6.26. The summed E-state index contributed by atoms with van der Waals surface area (Å²) in [6.07, 6.45) is 2.72. The number of hydrogen-bond acceptors (Lipinski definition) is 6. The van der Waals surface area contributed by atoms with Crippen LogP contribution in [-0.4, -0.2) is 37.0 Å². The van der Waals surface area contributed by atoms with Crippen LogP contribution in [0.2, 0.25) is 0 Å². The number of nitrogens with zero attached hydrogens (tertiary/aromatic N) is 1. The minimum absolute atomic E-state index is 0.188. The van der Waals surface area contributed by atoms with Gasteiger partial charge >= 0.3 is 5.97 Å². The molecule has 0 bridgehead atoms. The molecule has 1 fully saturated rings. The molecule has 0 aromatic rings. The van der Waals surface area contributed by atoms with Crippen molar-refractivity contribution in [3.05, 3.63) is 12.7 Å². The van der Waals surface area contributed by atoms with Gasteiger partial charge in [0.15, 0.2) is 5.78 Å². The molecular weight excluding hydrogens is 298 g/mol. The zero-order valence-corrected chi connectivity index (χ0v) is 14.3. The number of rotatable bonds is 7. The summed E-state index contributed by atoms with van der Waals surface area (Å²) >= 11 is 0. The van der Waals surface area contributed by atoms with E-state index in [0.29, 0.717) is 18.6 Å². The van der Waals surface area contributed by atoms with Crippen LogP contribution in [0.5, 0.6) is 0 Å². The first-order valence-electron chi connectivity index (χ1n) is 7.74. The summed E-state index contributed by atoms with van der Waals surface area (Å²) in [5.74, 6) is -3.30. The summed E-state index contributed by atoms with van der Waals surface area (Å²) < 4.78 is 4.76. The zero-order chi connectivity index (χ0) is 17.6. The van der Waals surface area contributed by atoms with Crippen LogP contribution in [0.3, 0.4) is 0 Å². The summed E-state index contributed by atoms with van der Waals surface area (Å²) in [4.78, 5) is 42.4. The molecule has 1 aliphatic rings. The molecule has 0 radical (unpaired) electrons. The van der Waals surface area contributed by atoms with Gasteiger partial charge in [-0.25, -0.2) is 0 Å². The van der Waals surface area contributed by atoms with Gasteiger partial charge in [-0.1, -0.05) is 38.6 Å². The van der Waals surface area contributed by atoms with Crippen molar-refractivity contribution in [1.29, 1.82) is 0 Å². The molecule has 2 atom stereocenters. The van der Waals surface area contributed by atoms with E-state index in [2.05, 4.69) is 11.7 Å². The molecule has 0 spiro atoms. The third kappa shape index (κ3) is 4.27. The third-order valence-corrected chi connectivity index (χ3v) is 3.95. The highest BCUT2D eigenvalue weighted by Crippen LogP contribution is 2.41. The van der Waals surface area contributed by atoms with Crippen LogP contribution in [0.4, 0.5) is 0 Å². The smallest absolute Gasteiger partial charge is 0.316 e. The summed E-state index contributed by atoms with van der Waals surface area (Å²) in [5, 5.41) is 3.97. The van der Waals surface area contributed by atoms with Crippen molar-refractivity contribution < 1.29 is 24.0 Å². The molecule has 6 nitrogen and oxygen atoms in total. The van der Waals surface area contributed by atoms with E-state index in [1.54, 1.807) is 13.8 Å². The van der Waals surface area contributed by atoms with Crippen molar-refractivity contribution in [3.63, 3.8) is 0 Å². The molecule has 2 unspecified atom stereocenters. The number of esters is 1. The van der Waals surface area contributed by atoms with Gasteiger partial charge in [0.05, 0.1) is 12.8 Å². The molecular formula is C17H25NO5. The number of methoxy groups -OCH3 is 1. The van der Waals surface area contributed by atoms with E-state index in [1.807, 2.05) is 6.92 Å². The highest BCUT2D eigenvalue weighted by atomic mass is 16.6. The van der Waals surface area contributed by atoms with Crippen LogP contribution in [-0.2, 0) is 24.0 Å². The average Bonchev–Trinajstić information content (AvgIpc) is 2.46. The van der Waals surface area contributed by atoms with Gasteiger partial charge in [0, 0.05) is 6.42 Å². The van der Waals surface area contributed by atoms with Gasteiger partial charge < -0.3 is 9.57 Å². The van der Waals surface area contributed by atoms with Gasteiger partial charge in [0.25, 0.3) is 0 Å². The highest BCUT2D eigenvalue weighted by Gasteiger charge is 2.52. The second-order valence-corrected chi connectivity index (χ2v) is 6.34. The minimum atomic E-state index is -1.03. The van der Waals surface area contributed by atoms with Gasteiger partial charge in [-0.3, -0.25) is 14.4 Å². The molecule has 128 valence electrons. The summed E-state index contributed by atoms with van der Waals surface area (Å²) in [5.41, 5.74) is -0.316. The molecule has 0 aliphatic heterocycles. The molecule has 23 heavy (non-hydrogen) atoms. The predicted octanol–water partition coefficient (Wildman–Crippen LogP) is 2.32. The Morgan fingerprint density at radius 3 is 2.61 bits per heavy atom. The van der Waals surface area contributed by atoms with Crippen molar-refractivity contribution in [1.82, 2.24) is 0 Å². The maximum absolute atomic E-state index is 12.8. The van der Waals surface area contributed by atoms with Crippen LogP contribution in [0.15, 0.2) is 17.8 Å². The zero-order valence-electron chi connectivity index (χ0n) is 14.3. The monoisotopic (exact) mass is 323 g/mol. The van der Waals surface area contributed by atoms with E-state index in [4.69, 9.17) is 9.57 Å². The van der Waals surface area contributed by atoms with Crippen LogP contribution >= 0.6 is 0 Å². The SMILES string of the molecule is C=CCON=C1CC(C)(C)C(C(=O)OC)C(=O)C1C(=O)CCC. The maximum Gasteiger partial charge on any atom is 0.316 e. The minimum Gasteiger partial charge on any atom is -0.468 e. The molecule has 0 amide bonds. The van der Waals surface area contributed by atoms with Gasteiger partial charge in [0.1, 0.15) is 24.2 Å². The molecule has 6 heteroatoms. The van der Waals surface area contributed by atoms with Crippen molar-refractivity contribution in [3.8, 4) is 0 Å². The lowest BCUT2D eigenvalue weighted by atomic mass is 9.62. The van der Waals surface area contributed by atoms with Gasteiger partial charge in [-0.05, 0) is 18.3 Å². The first-order valence-corrected chi connectivity index (χ1v) is 7.74. The fourth-order valence-corrected chi connectivity index (χ4v) is 2.93. The average molecular weight is 323 g/mol. The predicted molar refractivity (Wildman–Crippen MR) is 85.9 cm³/mol. The van der Waals surface area contributed by atoms with Crippen LogP contribution < -0.4 is 0 Å². The lowest BCUT2D eigenvalue weighted by Gasteiger charge is -2.39. The summed E-state index contributed by atoms with van der Waals surface area (Å²) in [6.45, 7) is 9.15. The van der Waals surface area contributed by atoms with E-state index in [-0.39, 0.29) is 18.8 Å². The second-order valence-electron chi connectivity index (χ2n) is 6.34. The maximum atomic E-state index is 12.8. The molecule has 1 rings (SSSR count). The Morgan fingerprint density at radius 2 is 2.09 bits per heavy atom. The molecule has 0 saturated heterocycles. The lowest BCUT2D eigenvalue weighted by Crippen LogP contribution is -2.52. The Bertz CT molecular complexity index is 521. The fourth-order valence-electron chi connectivity index (χ4n) is 2.93. The Labute approximate surface area is 136 Å². The van der Waals surface area contributed by atoms with E-state index < -0.39 is 29.0 Å².